The molecule has 0 rings (SSSR count). The molecule has 1 unspecified atom stereocenters. The standard InChI is InChI=1S/C20H48N2O6Si2/c1-8-23-29(24-9-2,25-10-3)18-14-16-22(20(7)21)17-15-19-30(26-11-4,27-12-5)28-13-6/h20H,8-19,21H2,1-7H3. The van der Waals surface area contributed by atoms with E-state index in [1.807, 2.05) is 48.5 Å². The van der Waals surface area contributed by atoms with E-state index in [1.54, 1.807) is 0 Å². The number of hydrogen-bond acceptors (Lipinski definition) is 8. The highest BCUT2D eigenvalue weighted by molar-refractivity contribution is 6.61. The second kappa shape index (κ2) is 17.6. The van der Waals surface area contributed by atoms with E-state index in [1.165, 1.54) is 0 Å². The molecule has 0 aliphatic rings. The summed E-state index contributed by atoms with van der Waals surface area (Å²) in [6.07, 6.45) is 1.80. The Morgan fingerprint density at radius 2 is 0.867 bits per heavy atom. The highest BCUT2D eigenvalue weighted by Crippen LogP contribution is 2.21. The van der Waals surface area contributed by atoms with Gasteiger partial charge in [-0.15, -0.1) is 0 Å². The van der Waals surface area contributed by atoms with Gasteiger partial charge in [-0.3, -0.25) is 4.90 Å². The van der Waals surface area contributed by atoms with Crippen LogP contribution in [0.3, 0.4) is 0 Å². The van der Waals surface area contributed by atoms with Crippen LogP contribution in [0.2, 0.25) is 12.1 Å². The first-order valence-corrected chi connectivity index (χ1v) is 15.6. The lowest BCUT2D eigenvalue weighted by atomic mass is 10.3. The fourth-order valence-corrected chi connectivity index (χ4v) is 8.71. The Hall–Kier alpha value is 0.114. The maximum atomic E-state index is 6.25. The molecule has 0 heterocycles. The van der Waals surface area contributed by atoms with Gasteiger partial charge in [-0.2, -0.15) is 0 Å². The molecule has 1 atom stereocenters. The van der Waals surface area contributed by atoms with Crippen LogP contribution in [0.15, 0.2) is 0 Å². The molecule has 0 aliphatic heterocycles. The molecule has 0 aromatic heterocycles. The average molecular weight is 469 g/mol. The highest BCUT2D eigenvalue weighted by Gasteiger charge is 2.41. The Morgan fingerprint density at radius 3 is 1.07 bits per heavy atom. The molecule has 8 nitrogen and oxygen atoms in total. The second-order valence-corrected chi connectivity index (χ2v) is 12.4. The third-order valence-electron chi connectivity index (χ3n) is 4.62. The topological polar surface area (TPSA) is 84.6 Å². The molecule has 30 heavy (non-hydrogen) atoms. The molecule has 2 N–H and O–H groups in total. The minimum absolute atomic E-state index is 0.0327. The zero-order valence-electron chi connectivity index (χ0n) is 20.5. The SMILES string of the molecule is CCO[Si](CCCN(CCC[Si](OCC)(OCC)OCC)C(C)N)(OCC)OCC. The van der Waals surface area contributed by atoms with E-state index >= 15 is 0 Å². The van der Waals surface area contributed by atoms with Crippen LogP contribution < -0.4 is 5.73 Å². The van der Waals surface area contributed by atoms with Crippen LogP contribution in [0.1, 0.15) is 61.3 Å². The van der Waals surface area contributed by atoms with E-state index in [0.29, 0.717) is 39.6 Å². The fourth-order valence-electron chi connectivity index (χ4n) is 3.52. The molecule has 0 saturated heterocycles. The normalized spacial score (nSPS) is 13.9. The van der Waals surface area contributed by atoms with E-state index < -0.39 is 17.6 Å². The maximum absolute atomic E-state index is 6.25. The number of nitrogens with zero attached hydrogens (tertiary/aromatic N) is 1. The summed E-state index contributed by atoms with van der Waals surface area (Å²) < 4.78 is 35.8. The first kappa shape index (κ1) is 30.1. The summed E-state index contributed by atoms with van der Waals surface area (Å²) in [5, 5.41) is 0. The first-order chi connectivity index (χ1) is 14.4. The smallest absolute Gasteiger partial charge is 0.374 e. The molecular weight excluding hydrogens is 420 g/mol. The zero-order chi connectivity index (χ0) is 22.9. The van der Waals surface area contributed by atoms with Crippen molar-refractivity contribution in [1.82, 2.24) is 4.90 Å². The summed E-state index contributed by atoms with van der Waals surface area (Å²) in [6.45, 7) is 19.3. The third kappa shape index (κ3) is 11.7. The van der Waals surface area contributed by atoms with Crippen LogP contribution in [0, 0.1) is 0 Å². The molecular formula is C20H48N2O6Si2. The highest BCUT2D eigenvalue weighted by atomic mass is 28.4. The van der Waals surface area contributed by atoms with Crippen LogP contribution >= 0.6 is 0 Å². The Bertz CT molecular complexity index is 341. The predicted molar refractivity (Wildman–Crippen MR) is 125 cm³/mol. The molecule has 0 spiro atoms. The largest absolute Gasteiger partial charge is 0.500 e. The Balaban J connectivity index is 4.82. The zero-order valence-corrected chi connectivity index (χ0v) is 22.5. The van der Waals surface area contributed by atoms with Gasteiger partial charge >= 0.3 is 17.6 Å². The number of rotatable bonds is 21. The Kier molecular flexibility index (Phi) is 17.7. The summed E-state index contributed by atoms with van der Waals surface area (Å²) in [7, 11) is -5.22. The van der Waals surface area contributed by atoms with E-state index in [9.17, 15) is 0 Å². The van der Waals surface area contributed by atoms with Crippen molar-refractivity contribution >= 4 is 17.6 Å². The summed E-state index contributed by atoms with van der Waals surface area (Å²) in [4.78, 5) is 2.28. The first-order valence-electron chi connectivity index (χ1n) is 11.7. The van der Waals surface area contributed by atoms with Crippen LogP contribution in [0.5, 0.6) is 0 Å². The summed E-state index contributed by atoms with van der Waals surface area (Å²) in [5.41, 5.74) is 6.25. The van der Waals surface area contributed by atoms with Gasteiger partial charge in [0, 0.05) is 51.7 Å². The molecule has 0 fully saturated rings. The van der Waals surface area contributed by atoms with E-state index in [2.05, 4.69) is 4.90 Å². The van der Waals surface area contributed by atoms with Crippen LogP contribution in [0.4, 0.5) is 0 Å². The molecule has 0 radical (unpaired) electrons. The summed E-state index contributed by atoms with van der Waals surface area (Å²) in [6, 6.07) is 1.59. The average Bonchev–Trinajstić information content (AvgIpc) is 2.68. The van der Waals surface area contributed by atoms with Crippen LogP contribution in [0.25, 0.3) is 0 Å². The fraction of sp³-hybridized carbons (Fsp3) is 1.00. The van der Waals surface area contributed by atoms with Crippen molar-refractivity contribution in [3.8, 4) is 0 Å². The molecule has 0 aromatic carbocycles. The van der Waals surface area contributed by atoms with Crippen LogP contribution in [-0.2, 0) is 26.6 Å². The number of hydrogen-bond donors (Lipinski definition) is 1. The molecule has 0 saturated carbocycles. The van der Waals surface area contributed by atoms with E-state index in [-0.39, 0.29) is 6.17 Å². The van der Waals surface area contributed by atoms with Crippen molar-refractivity contribution in [2.75, 3.05) is 52.7 Å². The van der Waals surface area contributed by atoms with Gasteiger partial charge in [0.05, 0.1) is 6.17 Å². The third-order valence-corrected chi connectivity index (χ3v) is 10.9. The van der Waals surface area contributed by atoms with Gasteiger partial charge in [0.15, 0.2) is 0 Å². The van der Waals surface area contributed by atoms with Gasteiger partial charge in [0.1, 0.15) is 0 Å². The van der Waals surface area contributed by atoms with Gasteiger partial charge in [-0.05, 0) is 74.4 Å². The molecule has 0 aliphatic carbocycles. The minimum Gasteiger partial charge on any atom is -0.374 e. The minimum atomic E-state index is -2.61. The maximum Gasteiger partial charge on any atom is 0.500 e. The van der Waals surface area contributed by atoms with Gasteiger partial charge in [0.25, 0.3) is 0 Å². The van der Waals surface area contributed by atoms with Gasteiger partial charge in [-0.25, -0.2) is 0 Å². The molecule has 10 heteroatoms. The van der Waals surface area contributed by atoms with Crippen molar-refractivity contribution in [2.45, 2.75) is 79.6 Å². The molecule has 182 valence electrons. The molecule has 0 bridgehead atoms. The Morgan fingerprint density at radius 1 is 0.600 bits per heavy atom. The summed E-state index contributed by atoms with van der Waals surface area (Å²) in [5.74, 6) is 0. The monoisotopic (exact) mass is 468 g/mol. The summed E-state index contributed by atoms with van der Waals surface area (Å²) >= 11 is 0. The quantitative estimate of drug-likeness (QED) is 0.202. The van der Waals surface area contributed by atoms with Crippen molar-refractivity contribution in [3.05, 3.63) is 0 Å². The van der Waals surface area contributed by atoms with E-state index in [0.717, 1.165) is 38.0 Å². The lowest BCUT2D eigenvalue weighted by molar-refractivity contribution is 0.0683. The lowest BCUT2D eigenvalue weighted by Crippen LogP contribution is -2.48. The predicted octanol–water partition coefficient (Wildman–Crippen LogP) is 3.47. The Labute approximate surface area is 187 Å². The second-order valence-electron chi connectivity index (χ2n) is 6.95. The lowest BCUT2D eigenvalue weighted by Gasteiger charge is -2.32. The molecule has 0 aromatic rings. The number of nitrogens with two attached hydrogens (primary N) is 1. The van der Waals surface area contributed by atoms with Gasteiger partial charge in [-0.1, -0.05) is 0 Å². The van der Waals surface area contributed by atoms with Crippen molar-refractivity contribution in [1.29, 1.82) is 0 Å². The van der Waals surface area contributed by atoms with Crippen LogP contribution in [-0.4, -0.2) is 81.4 Å². The van der Waals surface area contributed by atoms with E-state index in [4.69, 9.17) is 32.3 Å². The van der Waals surface area contributed by atoms with Crippen molar-refractivity contribution in [3.63, 3.8) is 0 Å². The van der Waals surface area contributed by atoms with Gasteiger partial charge in [0.2, 0.25) is 0 Å². The van der Waals surface area contributed by atoms with Gasteiger partial charge < -0.3 is 32.3 Å². The van der Waals surface area contributed by atoms with Crippen molar-refractivity contribution < 1.29 is 26.6 Å². The van der Waals surface area contributed by atoms with Crippen molar-refractivity contribution in [2.24, 2.45) is 5.73 Å². The molecule has 0 amide bonds.